The van der Waals surface area contributed by atoms with E-state index in [1.807, 2.05) is 35.4 Å². The number of pyridine rings is 1. The number of aryl methyl sites for hydroxylation is 2. The van der Waals surface area contributed by atoms with Gasteiger partial charge in [0.2, 0.25) is 0 Å². The minimum atomic E-state index is 0.856. The fourth-order valence-electron chi connectivity index (χ4n) is 2.55. The standard InChI is InChI=1S/C16H21N5/c1-2-6-17-12-14-13-20(10-11-21-9-4-8-19-21)16-15(14)5-3-7-18-16/h3-5,7-9,13,17H,2,6,10-12H2,1H3. The van der Waals surface area contributed by atoms with Crippen LogP contribution in [0.15, 0.2) is 43.0 Å². The molecule has 5 nitrogen and oxygen atoms in total. The summed E-state index contributed by atoms with van der Waals surface area (Å²) in [6.45, 7) is 5.85. The Balaban J connectivity index is 1.80. The van der Waals surface area contributed by atoms with Crippen LogP contribution in [0, 0.1) is 0 Å². The summed E-state index contributed by atoms with van der Waals surface area (Å²) in [5, 5.41) is 8.95. The Kier molecular flexibility index (Phi) is 4.31. The fourth-order valence-corrected chi connectivity index (χ4v) is 2.55. The van der Waals surface area contributed by atoms with Crippen molar-refractivity contribution in [2.75, 3.05) is 6.54 Å². The van der Waals surface area contributed by atoms with Gasteiger partial charge in [-0.3, -0.25) is 4.68 Å². The molecule has 3 heterocycles. The molecule has 21 heavy (non-hydrogen) atoms. The van der Waals surface area contributed by atoms with Gasteiger partial charge < -0.3 is 9.88 Å². The first-order valence-electron chi connectivity index (χ1n) is 7.49. The van der Waals surface area contributed by atoms with Gasteiger partial charge in [0.15, 0.2) is 0 Å². The van der Waals surface area contributed by atoms with Gasteiger partial charge in [0.25, 0.3) is 0 Å². The lowest BCUT2D eigenvalue weighted by Crippen LogP contribution is -2.13. The summed E-state index contributed by atoms with van der Waals surface area (Å²) in [4.78, 5) is 4.54. The minimum Gasteiger partial charge on any atom is -0.330 e. The normalized spacial score (nSPS) is 11.3. The van der Waals surface area contributed by atoms with Crippen LogP contribution in [0.25, 0.3) is 11.0 Å². The average molecular weight is 283 g/mol. The van der Waals surface area contributed by atoms with Crippen LogP contribution in [0.3, 0.4) is 0 Å². The smallest absolute Gasteiger partial charge is 0.140 e. The Morgan fingerprint density at radius 2 is 2.14 bits per heavy atom. The highest BCUT2D eigenvalue weighted by Crippen LogP contribution is 2.19. The van der Waals surface area contributed by atoms with Crippen molar-refractivity contribution in [1.29, 1.82) is 0 Å². The summed E-state index contributed by atoms with van der Waals surface area (Å²) < 4.78 is 4.17. The number of nitrogens with zero attached hydrogens (tertiary/aromatic N) is 4. The highest BCUT2D eigenvalue weighted by Gasteiger charge is 2.08. The van der Waals surface area contributed by atoms with Crippen LogP contribution >= 0.6 is 0 Å². The van der Waals surface area contributed by atoms with Gasteiger partial charge >= 0.3 is 0 Å². The van der Waals surface area contributed by atoms with Gasteiger partial charge in [0, 0.05) is 43.3 Å². The van der Waals surface area contributed by atoms with Crippen molar-refractivity contribution in [2.45, 2.75) is 33.0 Å². The second-order valence-electron chi connectivity index (χ2n) is 5.17. The van der Waals surface area contributed by atoms with E-state index in [1.54, 1.807) is 0 Å². The predicted molar refractivity (Wildman–Crippen MR) is 84.0 cm³/mol. The van der Waals surface area contributed by atoms with Crippen molar-refractivity contribution < 1.29 is 0 Å². The van der Waals surface area contributed by atoms with E-state index in [-0.39, 0.29) is 0 Å². The summed E-state index contributed by atoms with van der Waals surface area (Å²) in [5.74, 6) is 0. The first kappa shape index (κ1) is 13.8. The number of fused-ring (bicyclic) bond motifs is 1. The van der Waals surface area contributed by atoms with E-state index in [0.29, 0.717) is 0 Å². The molecule has 0 aliphatic carbocycles. The Bertz CT molecular complexity index is 684. The van der Waals surface area contributed by atoms with Crippen LogP contribution in [0.4, 0.5) is 0 Å². The van der Waals surface area contributed by atoms with E-state index in [9.17, 15) is 0 Å². The number of rotatable bonds is 7. The molecule has 5 heteroatoms. The van der Waals surface area contributed by atoms with Gasteiger partial charge in [-0.1, -0.05) is 6.92 Å². The lowest BCUT2D eigenvalue weighted by atomic mass is 10.2. The number of nitrogens with one attached hydrogen (secondary N) is 1. The quantitative estimate of drug-likeness (QED) is 0.677. The van der Waals surface area contributed by atoms with Crippen molar-refractivity contribution in [3.63, 3.8) is 0 Å². The van der Waals surface area contributed by atoms with E-state index >= 15 is 0 Å². The highest BCUT2D eigenvalue weighted by molar-refractivity contribution is 5.80. The van der Waals surface area contributed by atoms with Crippen molar-refractivity contribution in [2.24, 2.45) is 0 Å². The van der Waals surface area contributed by atoms with Crippen LogP contribution < -0.4 is 5.32 Å². The zero-order chi connectivity index (χ0) is 14.5. The van der Waals surface area contributed by atoms with E-state index in [1.165, 1.54) is 10.9 Å². The second kappa shape index (κ2) is 6.54. The van der Waals surface area contributed by atoms with Gasteiger partial charge in [0.1, 0.15) is 5.65 Å². The molecule has 0 saturated heterocycles. The molecule has 0 aliphatic heterocycles. The average Bonchev–Trinajstić information content (AvgIpc) is 3.14. The molecule has 0 unspecified atom stereocenters. The monoisotopic (exact) mass is 283 g/mol. The lowest BCUT2D eigenvalue weighted by Gasteiger charge is -2.04. The Morgan fingerprint density at radius 1 is 1.19 bits per heavy atom. The molecule has 0 fully saturated rings. The lowest BCUT2D eigenvalue weighted by molar-refractivity contribution is 0.540. The summed E-state index contributed by atoms with van der Waals surface area (Å²) in [7, 11) is 0. The molecule has 110 valence electrons. The molecular weight excluding hydrogens is 262 g/mol. The van der Waals surface area contributed by atoms with E-state index in [4.69, 9.17) is 0 Å². The molecule has 3 aromatic rings. The number of hydrogen-bond acceptors (Lipinski definition) is 3. The summed E-state index contributed by atoms with van der Waals surface area (Å²) in [5.41, 5.74) is 2.37. The van der Waals surface area contributed by atoms with Gasteiger partial charge in [0.05, 0.1) is 6.54 Å². The molecule has 1 N–H and O–H groups in total. The topological polar surface area (TPSA) is 47.7 Å². The van der Waals surface area contributed by atoms with Crippen LogP contribution in [-0.2, 0) is 19.6 Å². The molecule has 0 atom stereocenters. The Hall–Kier alpha value is -2.14. The van der Waals surface area contributed by atoms with Gasteiger partial charge in [-0.25, -0.2) is 4.98 Å². The van der Waals surface area contributed by atoms with E-state index in [2.05, 4.69) is 39.2 Å². The van der Waals surface area contributed by atoms with Crippen molar-refractivity contribution in [3.05, 3.63) is 48.5 Å². The van der Waals surface area contributed by atoms with Crippen LogP contribution in [0.5, 0.6) is 0 Å². The highest BCUT2D eigenvalue weighted by atomic mass is 15.3. The van der Waals surface area contributed by atoms with Crippen LogP contribution in [-0.4, -0.2) is 25.9 Å². The van der Waals surface area contributed by atoms with Gasteiger partial charge in [-0.15, -0.1) is 0 Å². The SMILES string of the molecule is CCCNCc1cn(CCn2cccn2)c2ncccc12. The van der Waals surface area contributed by atoms with Crippen molar-refractivity contribution in [1.82, 2.24) is 24.6 Å². The maximum atomic E-state index is 4.54. The fraction of sp³-hybridized carbons (Fsp3) is 0.375. The third kappa shape index (κ3) is 3.13. The zero-order valence-electron chi connectivity index (χ0n) is 12.4. The Morgan fingerprint density at radius 3 is 2.95 bits per heavy atom. The van der Waals surface area contributed by atoms with Crippen molar-refractivity contribution in [3.8, 4) is 0 Å². The zero-order valence-corrected chi connectivity index (χ0v) is 12.4. The molecule has 0 saturated carbocycles. The molecule has 3 aromatic heterocycles. The number of aromatic nitrogens is 4. The first-order chi connectivity index (χ1) is 10.4. The molecular formula is C16H21N5. The third-order valence-electron chi connectivity index (χ3n) is 3.59. The molecule has 0 aromatic carbocycles. The van der Waals surface area contributed by atoms with Gasteiger partial charge in [-0.05, 0) is 36.7 Å². The summed E-state index contributed by atoms with van der Waals surface area (Å²) in [6.07, 6.45) is 9.02. The predicted octanol–water partition coefficient (Wildman–Crippen LogP) is 2.43. The minimum absolute atomic E-state index is 0.856. The third-order valence-corrected chi connectivity index (χ3v) is 3.59. The van der Waals surface area contributed by atoms with E-state index < -0.39 is 0 Å². The maximum Gasteiger partial charge on any atom is 0.140 e. The summed E-state index contributed by atoms with van der Waals surface area (Å²) >= 11 is 0. The molecule has 0 spiro atoms. The first-order valence-corrected chi connectivity index (χ1v) is 7.49. The maximum absolute atomic E-state index is 4.54. The van der Waals surface area contributed by atoms with Crippen LogP contribution in [0.2, 0.25) is 0 Å². The molecule has 0 amide bonds. The molecule has 0 bridgehead atoms. The molecule has 3 rings (SSSR count). The van der Waals surface area contributed by atoms with Gasteiger partial charge in [-0.2, -0.15) is 5.10 Å². The second-order valence-corrected chi connectivity index (χ2v) is 5.17. The van der Waals surface area contributed by atoms with Crippen molar-refractivity contribution >= 4 is 11.0 Å². The summed E-state index contributed by atoms with van der Waals surface area (Å²) in [6, 6.07) is 6.10. The largest absolute Gasteiger partial charge is 0.330 e. The van der Waals surface area contributed by atoms with Crippen LogP contribution in [0.1, 0.15) is 18.9 Å². The molecule has 0 aliphatic rings. The number of hydrogen-bond donors (Lipinski definition) is 1. The molecule has 0 radical (unpaired) electrons. The Labute approximate surface area is 124 Å². The van der Waals surface area contributed by atoms with E-state index in [0.717, 1.165) is 38.2 Å².